The van der Waals surface area contributed by atoms with Gasteiger partial charge >= 0.3 is 12.0 Å². The molecule has 0 aromatic carbocycles. The standard InChI is InChI=1S/C9H18N2O4S/c1-5(16-3)4-10-9(15)11-7(6(2)12)8(13)14/h5-7,12H,4H2,1-3H3,(H,13,14)(H2,10,11,15). The van der Waals surface area contributed by atoms with Gasteiger partial charge in [0.25, 0.3) is 0 Å². The molecular formula is C9H18N2O4S. The Morgan fingerprint density at radius 2 is 1.94 bits per heavy atom. The summed E-state index contributed by atoms with van der Waals surface area (Å²) >= 11 is 1.59. The van der Waals surface area contributed by atoms with E-state index in [2.05, 4.69) is 10.6 Å². The van der Waals surface area contributed by atoms with Crippen LogP contribution < -0.4 is 10.6 Å². The number of hydrogen-bond donors (Lipinski definition) is 4. The molecule has 0 aliphatic heterocycles. The van der Waals surface area contributed by atoms with E-state index in [1.165, 1.54) is 6.92 Å². The molecule has 16 heavy (non-hydrogen) atoms. The molecule has 0 saturated carbocycles. The van der Waals surface area contributed by atoms with Gasteiger partial charge in [0.1, 0.15) is 0 Å². The van der Waals surface area contributed by atoms with E-state index in [0.717, 1.165) is 0 Å². The van der Waals surface area contributed by atoms with Crippen molar-refractivity contribution in [1.82, 2.24) is 10.6 Å². The topological polar surface area (TPSA) is 98.7 Å². The molecule has 2 amide bonds. The van der Waals surface area contributed by atoms with Crippen molar-refractivity contribution in [2.24, 2.45) is 0 Å². The highest BCUT2D eigenvalue weighted by molar-refractivity contribution is 7.99. The maximum absolute atomic E-state index is 11.3. The molecule has 0 aromatic heterocycles. The van der Waals surface area contributed by atoms with E-state index in [4.69, 9.17) is 10.2 Å². The van der Waals surface area contributed by atoms with Crippen LogP contribution >= 0.6 is 11.8 Å². The number of aliphatic carboxylic acids is 1. The largest absolute Gasteiger partial charge is 0.480 e. The van der Waals surface area contributed by atoms with Gasteiger partial charge in [-0.3, -0.25) is 0 Å². The molecule has 0 heterocycles. The minimum Gasteiger partial charge on any atom is -0.480 e. The van der Waals surface area contributed by atoms with Crippen LogP contribution in [0.15, 0.2) is 0 Å². The second kappa shape index (κ2) is 7.34. The number of rotatable bonds is 6. The monoisotopic (exact) mass is 250 g/mol. The Balaban J connectivity index is 4.06. The summed E-state index contributed by atoms with van der Waals surface area (Å²) < 4.78 is 0. The van der Waals surface area contributed by atoms with Crippen molar-refractivity contribution in [3.8, 4) is 0 Å². The summed E-state index contributed by atoms with van der Waals surface area (Å²) in [6.45, 7) is 3.69. The summed E-state index contributed by atoms with van der Waals surface area (Å²) in [5, 5.41) is 22.8. The van der Waals surface area contributed by atoms with Crippen LogP contribution in [0.25, 0.3) is 0 Å². The fourth-order valence-electron chi connectivity index (χ4n) is 0.901. The van der Waals surface area contributed by atoms with Gasteiger partial charge in [0.15, 0.2) is 6.04 Å². The first-order chi connectivity index (χ1) is 7.38. The van der Waals surface area contributed by atoms with Crippen molar-refractivity contribution < 1.29 is 19.8 Å². The van der Waals surface area contributed by atoms with Crippen molar-refractivity contribution >= 4 is 23.8 Å². The highest BCUT2D eigenvalue weighted by Crippen LogP contribution is 2.02. The Morgan fingerprint density at radius 1 is 1.38 bits per heavy atom. The number of aliphatic hydroxyl groups is 1. The molecule has 7 heteroatoms. The van der Waals surface area contributed by atoms with E-state index in [9.17, 15) is 9.59 Å². The lowest BCUT2D eigenvalue weighted by molar-refractivity contribution is -0.141. The quantitative estimate of drug-likeness (QED) is 0.526. The number of hydrogen-bond acceptors (Lipinski definition) is 4. The second-order valence-electron chi connectivity index (χ2n) is 3.46. The van der Waals surface area contributed by atoms with Crippen LogP contribution in [0.3, 0.4) is 0 Å². The van der Waals surface area contributed by atoms with Crippen LogP contribution in [-0.4, -0.2) is 52.4 Å². The van der Waals surface area contributed by atoms with Crippen molar-refractivity contribution in [3.05, 3.63) is 0 Å². The minimum atomic E-state index is -1.29. The zero-order valence-electron chi connectivity index (χ0n) is 9.56. The smallest absolute Gasteiger partial charge is 0.328 e. The number of amides is 2. The van der Waals surface area contributed by atoms with Gasteiger partial charge in [0, 0.05) is 11.8 Å². The van der Waals surface area contributed by atoms with E-state index in [1.54, 1.807) is 11.8 Å². The lowest BCUT2D eigenvalue weighted by atomic mass is 10.2. The van der Waals surface area contributed by atoms with Gasteiger partial charge in [-0.25, -0.2) is 9.59 Å². The number of urea groups is 1. The van der Waals surface area contributed by atoms with E-state index in [0.29, 0.717) is 6.54 Å². The second-order valence-corrected chi connectivity index (χ2v) is 4.73. The summed E-state index contributed by atoms with van der Waals surface area (Å²) in [7, 11) is 0. The summed E-state index contributed by atoms with van der Waals surface area (Å²) in [6, 6.07) is -1.88. The van der Waals surface area contributed by atoms with E-state index in [1.807, 2.05) is 13.2 Å². The van der Waals surface area contributed by atoms with Gasteiger partial charge in [-0.2, -0.15) is 11.8 Å². The molecule has 0 rings (SSSR count). The first kappa shape index (κ1) is 15.0. The Kier molecular flexibility index (Phi) is 6.91. The number of carboxylic acids is 1. The number of nitrogens with one attached hydrogen (secondary N) is 2. The van der Waals surface area contributed by atoms with Crippen molar-refractivity contribution in [3.63, 3.8) is 0 Å². The molecular weight excluding hydrogens is 232 g/mol. The normalized spacial score (nSPS) is 16.0. The zero-order valence-corrected chi connectivity index (χ0v) is 10.4. The van der Waals surface area contributed by atoms with Crippen LogP contribution in [-0.2, 0) is 4.79 Å². The highest BCUT2D eigenvalue weighted by atomic mass is 32.2. The van der Waals surface area contributed by atoms with Gasteiger partial charge < -0.3 is 20.8 Å². The molecule has 0 aromatic rings. The van der Waals surface area contributed by atoms with E-state index in [-0.39, 0.29) is 5.25 Å². The van der Waals surface area contributed by atoms with Crippen LogP contribution in [0.5, 0.6) is 0 Å². The minimum absolute atomic E-state index is 0.251. The molecule has 3 atom stereocenters. The van der Waals surface area contributed by atoms with Crippen molar-refractivity contribution in [2.45, 2.75) is 31.2 Å². The molecule has 3 unspecified atom stereocenters. The van der Waals surface area contributed by atoms with Gasteiger partial charge in [-0.05, 0) is 13.2 Å². The lowest BCUT2D eigenvalue weighted by Crippen LogP contribution is -2.51. The predicted molar refractivity (Wildman–Crippen MR) is 62.6 cm³/mol. The summed E-state index contributed by atoms with van der Waals surface area (Å²) in [6.07, 6.45) is 0.779. The molecule has 0 radical (unpaired) electrons. The number of carbonyl (C=O) groups excluding carboxylic acids is 1. The maximum Gasteiger partial charge on any atom is 0.328 e. The fraction of sp³-hybridized carbons (Fsp3) is 0.778. The molecule has 0 bridgehead atoms. The molecule has 0 fully saturated rings. The predicted octanol–water partition coefficient (Wildman–Crippen LogP) is -0.129. The van der Waals surface area contributed by atoms with E-state index < -0.39 is 24.1 Å². The zero-order chi connectivity index (χ0) is 12.7. The summed E-state index contributed by atoms with van der Waals surface area (Å²) in [5.74, 6) is -1.26. The molecule has 4 N–H and O–H groups in total. The summed E-state index contributed by atoms with van der Waals surface area (Å²) in [4.78, 5) is 21.9. The molecule has 0 aliphatic rings. The number of carbonyl (C=O) groups is 2. The van der Waals surface area contributed by atoms with Crippen LogP contribution in [0.1, 0.15) is 13.8 Å². The average molecular weight is 250 g/mol. The molecule has 0 saturated heterocycles. The molecule has 0 spiro atoms. The number of aliphatic hydroxyl groups excluding tert-OH is 1. The SMILES string of the molecule is CSC(C)CNC(=O)NC(C(=O)O)C(C)O. The van der Waals surface area contributed by atoms with Crippen molar-refractivity contribution in [2.75, 3.05) is 12.8 Å². The number of thioether (sulfide) groups is 1. The van der Waals surface area contributed by atoms with E-state index >= 15 is 0 Å². The van der Waals surface area contributed by atoms with Crippen LogP contribution in [0.2, 0.25) is 0 Å². The average Bonchev–Trinajstić information content (AvgIpc) is 2.21. The van der Waals surface area contributed by atoms with Crippen LogP contribution in [0, 0.1) is 0 Å². The fourth-order valence-corrected chi connectivity index (χ4v) is 1.15. The van der Waals surface area contributed by atoms with Gasteiger partial charge in [-0.15, -0.1) is 0 Å². The Bertz CT molecular complexity index is 248. The third-order valence-electron chi connectivity index (χ3n) is 1.99. The third kappa shape index (κ3) is 5.82. The lowest BCUT2D eigenvalue weighted by Gasteiger charge is -2.18. The van der Waals surface area contributed by atoms with Gasteiger partial charge in [-0.1, -0.05) is 6.92 Å². The Labute approximate surface area is 98.8 Å². The van der Waals surface area contributed by atoms with Gasteiger partial charge in [0.2, 0.25) is 0 Å². The third-order valence-corrected chi connectivity index (χ3v) is 2.96. The molecule has 0 aliphatic carbocycles. The molecule has 6 nitrogen and oxygen atoms in total. The van der Waals surface area contributed by atoms with Crippen LogP contribution in [0.4, 0.5) is 4.79 Å². The summed E-state index contributed by atoms with van der Waals surface area (Å²) in [5.41, 5.74) is 0. The highest BCUT2D eigenvalue weighted by Gasteiger charge is 2.24. The number of carboxylic acid groups (broad SMARTS) is 1. The van der Waals surface area contributed by atoms with Gasteiger partial charge in [0.05, 0.1) is 6.10 Å². The Morgan fingerprint density at radius 3 is 2.31 bits per heavy atom. The Hall–Kier alpha value is -0.950. The first-order valence-corrected chi connectivity index (χ1v) is 6.15. The maximum atomic E-state index is 11.3. The molecule has 94 valence electrons. The van der Waals surface area contributed by atoms with Crippen molar-refractivity contribution in [1.29, 1.82) is 0 Å². The first-order valence-electron chi connectivity index (χ1n) is 4.86.